The number of rotatable bonds is 5. The Labute approximate surface area is 149 Å². The smallest absolute Gasteiger partial charge is 0.160 e. The molecule has 0 radical (unpaired) electrons. The van der Waals surface area contributed by atoms with Crippen molar-refractivity contribution < 1.29 is 9.53 Å². The topological polar surface area (TPSA) is 44.1 Å². The molecule has 4 nitrogen and oxygen atoms in total. The number of carbonyl (C=O) groups is 1. The molecule has 0 aliphatic rings. The Bertz CT molecular complexity index is 872. The van der Waals surface area contributed by atoms with Gasteiger partial charge in [-0.05, 0) is 22.9 Å². The number of Topliss-reactive ketones (excluding diaryl/α,β-unsaturated/α-hetero) is 1. The van der Waals surface area contributed by atoms with E-state index in [0.29, 0.717) is 12.3 Å². The minimum absolute atomic E-state index is 0.0139. The molecule has 0 unspecified atom stereocenters. The fourth-order valence-corrected chi connectivity index (χ4v) is 3.42. The lowest BCUT2D eigenvalue weighted by atomic mass is 10.0. The summed E-state index contributed by atoms with van der Waals surface area (Å²) < 4.78 is 7.93. The summed E-state index contributed by atoms with van der Waals surface area (Å²) in [7, 11) is 1.63. The Morgan fingerprint density at radius 3 is 2.46 bits per heavy atom. The lowest BCUT2D eigenvalue weighted by Gasteiger charge is -2.06. The molecule has 5 heteroatoms. The zero-order valence-corrected chi connectivity index (χ0v) is 15.1. The number of hydrogen-bond acceptors (Lipinski definition) is 3. The van der Waals surface area contributed by atoms with E-state index in [4.69, 9.17) is 4.74 Å². The normalized spacial score (nSPS) is 10.8. The van der Waals surface area contributed by atoms with Gasteiger partial charge in [0.15, 0.2) is 5.78 Å². The maximum atomic E-state index is 12.0. The first-order valence-corrected chi connectivity index (χ1v) is 8.33. The quantitative estimate of drug-likeness (QED) is 0.594. The number of benzene rings is 2. The van der Waals surface area contributed by atoms with Crippen LogP contribution in [0.3, 0.4) is 0 Å². The van der Waals surface area contributed by atoms with Crippen molar-refractivity contribution in [3.8, 4) is 22.5 Å². The third-order valence-corrected chi connectivity index (χ3v) is 4.51. The lowest BCUT2D eigenvalue weighted by Crippen LogP contribution is -2.04. The number of ketones is 1. The summed E-state index contributed by atoms with van der Waals surface area (Å²) in [5, 5.41) is 4.68. The number of aromatic nitrogens is 2. The SMILES string of the molecule is COCn1nc(-c2ccccc2C(C)=O)c(Br)c1-c1ccccc1. The molecule has 1 heterocycles. The molecule has 24 heavy (non-hydrogen) atoms. The Kier molecular flexibility index (Phi) is 4.92. The predicted octanol–water partition coefficient (Wildman–Crippen LogP) is 4.79. The van der Waals surface area contributed by atoms with Crippen LogP contribution in [0.15, 0.2) is 59.1 Å². The van der Waals surface area contributed by atoms with Crippen LogP contribution in [0, 0.1) is 0 Å². The lowest BCUT2D eigenvalue weighted by molar-refractivity contribution is 0.101. The number of hydrogen-bond donors (Lipinski definition) is 0. The van der Waals surface area contributed by atoms with E-state index >= 15 is 0 Å². The van der Waals surface area contributed by atoms with Crippen molar-refractivity contribution in [3.63, 3.8) is 0 Å². The van der Waals surface area contributed by atoms with Gasteiger partial charge in [0, 0.05) is 23.8 Å². The minimum Gasteiger partial charge on any atom is -0.362 e. The van der Waals surface area contributed by atoms with Crippen molar-refractivity contribution in [2.75, 3.05) is 7.11 Å². The van der Waals surface area contributed by atoms with E-state index in [0.717, 1.165) is 27.0 Å². The summed E-state index contributed by atoms with van der Waals surface area (Å²) in [6.07, 6.45) is 0. The summed E-state index contributed by atoms with van der Waals surface area (Å²) in [5.41, 5.74) is 4.15. The fraction of sp³-hybridized carbons (Fsp3) is 0.158. The van der Waals surface area contributed by atoms with Gasteiger partial charge in [-0.3, -0.25) is 4.79 Å². The predicted molar refractivity (Wildman–Crippen MR) is 97.8 cm³/mol. The van der Waals surface area contributed by atoms with E-state index < -0.39 is 0 Å². The van der Waals surface area contributed by atoms with Gasteiger partial charge >= 0.3 is 0 Å². The summed E-state index contributed by atoms with van der Waals surface area (Å²) in [5.74, 6) is 0.0139. The number of nitrogens with zero attached hydrogens (tertiary/aromatic N) is 2. The highest BCUT2D eigenvalue weighted by Crippen LogP contribution is 2.37. The second kappa shape index (κ2) is 7.11. The molecule has 3 aromatic rings. The highest BCUT2D eigenvalue weighted by Gasteiger charge is 2.21. The highest BCUT2D eigenvalue weighted by atomic mass is 79.9. The Morgan fingerprint density at radius 1 is 1.12 bits per heavy atom. The van der Waals surface area contributed by atoms with E-state index in [1.165, 1.54) is 0 Å². The third kappa shape index (κ3) is 3.05. The molecular weight excluding hydrogens is 368 g/mol. The van der Waals surface area contributed by atoms with Crippen LogP contribution >= 0.6 is 15.9 Å². The maximum Gasteiger partial charge on any atom is 0.160 e. The average Bonchev–Trinajstić information content (AvgIpc) is 2.92. The van der Waals surface area contributed by atoms with Crippen LogP contribution in [0.5, 0.6) is 0 Å². The van der Waals surface area contributed by atoms with Crippen LogP contribution in [0.2, 0.25) is 0 Å². The van der Waals surface area contributed by atoms with Gasteiger partial charge < -0.3 is 4.74 Å². The molecule has 0 N–H and O–H groups in total. The van der Waals surface area contributed by atoms with Gasteiger partial charge in [-0.1, -0.05) is 54.6 Å². The van der Waals surface area contributed by atoms with Crippen molar-refractivity contribution >= 4 is 21.7 Å². The summed E-state index contributed by atoms with van der Waals surface area (Å²) in [6, 6.07) is 17.5. The monoisotopic (exact) mass is 384 g/mol. The highest BCUT2D eigenvalue weighted by molar-refractivity contribution is 9.10. The van der Waals surface area contributed by atoms with Crippen molar-refractivity contribution in [1.29, 1.82) is 0 Å². The van der Waals surface area contributed by atoms with Gasteiger partial charge in [-0.25, -0.2) is 4.68 Å². The standard InChI is InChI=1S/C19H17BrN2O2/c1-13(23)15-10-6-7-11-16(15)18-17(20)19(22(21-18)12-24-2)14-8-4-3-5-9-14/h3-11H,12H2,1-2H3. The Balaban J connectivity index is 2.23. The molecule has 0 aliphatic carbocycles. The first-order chi connectivity index (χ1) is 11.6. The van der Waals surface area contributed by atoms with Crippen molar-refractivity contribution in [2.24, 2.45) is 0 Å². The van der Waals surface area contributed by atoms with Crippen LogP contribution in [-0.2, 0) is 11.5 Å². The van der Waals surface area contributed by atoms with Crippen LogP contribution in [0.25, 0.3) is 22.5 Å². The molecule has 122 valence electrons. The number of carbonyl (C=O) groups excluding carboxylic acids is 1. The molecule has 0 fully saturated rings. The first-order valence-electron chi connectivity index (χ1n) is 7.54. The molecule has 1 aromatic heterocycles. The zero-order valence-electron chi connectivity index (χ0n) is 13.5. The van der Waals surface area contributed by atoms with Crippen LogP contribution < -0.4 is 0 Å². The van der Waals surface area contributed by atoms with Gasteiger partial charge in [-0.2, -0.15) is 5.10 Å². The number of halogens is 1. The third-order valence-electron chi connectivity index (χ3n) is 3.75. The van der Waals surface area contributed by atoms with Gasteiger partial charge in [0.05, 0.1) is 10.2 Å². The molecule has 0 saturated carbocycles. The average molecular weight is 385 g/mol. The van der Waals surface area contributed by atoms with Crippen LogP contribution in [0.4, 0.5) is 0 Å². The zero-order chi connectivity index (χ0) is 17.1. The molecule has 2 aromatic carbocycles. The summed E-state index contributed by atoms with van der Waals surface area (Å²) in [4.78, 5) is 12.0. The largest absolute Gasteiger partial charge is 0.362 e. The van der Waals surface area contributed by atoms with Crippen LogP contribution in [0.1, 0.15) is 17.3 Å². The van der Waals surface area contributed by atoms with Gasteiger partial charge in [0.25, 0.3) is 0 Å². The van der Waals surface area contributed by atoms with Crippen molar-refractivity contribution in [1.82, 2.24) is 9.78 Å². The van der Waals surface area contributed by atoms with E-state index in [1.54, 1.807) is 18.7 Å². The van der Waals surface area contributed by atoms with Crippen molar-refractivity contribution in [3.05, 3.63) is 64.6 Å². The molecule has 0 atom stereocenters. The Morgan fingerprint density at radius 2 is 1.79 bits per heavy atom. The molecule has 0 saturated heterocycles. The van der Waals surface area contributed by atoms with E-state index in [2.05, 4.69) is 21.0 Å². The van der Waals surface area contributed by atoms with E-state index in [-0.39, 0.29) is 5.78 Å². The minimum atomic E-state index is 0.0139. The summed E-state index contributed by atoms with van der Waals surface area (Å²) >= 11 is 3.68. The summed E-state index contributed by atoms with van der Waals surface area (Å²) in [6.45, 7) is 1.89. The molecule has 3 rings (SSSR count). The van der Waals surface area contributed by atoms with E-state index in [9.17, 15) is 4.79 Å². The molecule has 0 aliphatic heterocycles. The second-order valence-corrected chi connectivity index (χ2v) is 6.19. The van der Waals surface area contributed by atoms with Gasteiger partial charge in [0.1, 0.15) is 12.4 Å². The fourth-order valence-electron chi connectivity index (χ4n) is 2.70. The van der Waals surface area contributed by atoms with Gasteiger partial charge in [0.2, 0.25) is 0 Å². The van der Waals surface area contributed by atoms with Gasteiger partial charge in [-0.15, -0.1) is 0 Å². The number of methoxy groups -OCH3 is 1. The molecular formula is C19H17BrN2O2. The van der Waals surface area contributed by atoms with Crippen molar-refractivity contribution in [2.45, 2.75) is 13.7 Å². The second-order valence-electron chi connectivity index (χ2n) is 5.40. The first kappa shape index (κ1) is 16.6. The molecule has 0 bridgehead atoms. The van der Waals surface area contributed by atoms with Crippen LogP contribution in [-0.4, -0.2) is 22.7 Å². The Hall–Kier alpha value is -2.24. The number of ether oxygens (including phenoxy) is 1. The van der Waals surface area contributed by atoms with E-state index in [1.807, 2.05) is 54.6 Å². The maximum absolute atomic E-state index is 12.0. The molecule has 0 spiro atoms. The molecule has 0 amide bonds.